The maximum atomic E-state index is 14.0. The van der Waals surface area contributed by atoms with Crippen molar-refractivity contribution in [2.24, 2.45) is 35.5 Å². The molecule has 4 fully saturated rings. The number of hydrogen-bond acceptors (Lipinski definition) is 30. The molecule has 0 spiro atoms. The third kappa shape index (κ3) is 43.5. The predicted octanol–water partition coefficient (Wildman–Crippen LogP) is 27.2. The van der Waals surface area contributed by atoms with E-state index in [4.69, 9.17) is 19.2 Å². The first kappa shape index (κ1) is 126. The number of anilines is 3. The average Bonchev–Trinajstić information content (AvgIpc) is 1.63. The van der Waals surface area contributed by atoms with E-state index >= 15 is 0 Å². The molecule has 14 rings (SSSR count). The first-order chi connectivity index (χ1) is 65.9. The monoisotopic (exact) mass is 2460 g/mol. The highest BCUT2D eigenvalue weighted by Gasteiger charge is 2.39. The Morgan fingerprint density at radius 3 is 1.32 bits per heavy atom. The number of piperazine rings is 4. The number of H-pyrrole nitrogens is 1. The fourth-order valence-electron chi connectivity index (χ4n) is 14.9. The SMILES string of the molecule is C.CC(C)CC(C)C.CC(C)C[C@H]1CNCCN1C(=O)OC(C)(C)C.CON(C)C(=O)c1cccnc1F.Cc1csc(Br)n1.Cc1sc(Br)nc1Br.Cc1sc(Br)nc1Br.Cc1sc(N2CCN(C(=O)OC(C)(C)C)[C@@H](CC(C)C)C2)nc1Br.Cc1sc(N2CCN(C(=O)OC(C)(C)C)[C@@H](CC(C)C)C2)nc1C(=O)c1cccnc1F.Cc1sc(N2CCN[C@@H](CC(C)C)C2)nc1-c1[nH]nc2ncccc12. The molecule has 4 atom stereocenters. The molecule has 0 aliphatic carbocycles. The van der Waals surface area contributed by atoms with E-state index in [1.807, 2.05) is 117 Å². The standard InChI is InChI=1S/C23H31FN4O3S.C18H24N6S.C17H28BrN3O2S.C13H26N2O2.C8H9FN2O2.C7H16.2C4H3Br2NS.C4H4BrNS.CH4/c1-14(2)12-16-13-27(10-11-28(16)22(30)31-23(4,5)6)21-26-18(15(3)32-21)19(29)17-8-7-9-25-20(17)24;1-11(2)9-13-10-24(8-7-19-13)18-21-15(12(3)25-18)16-14-5-4-6-20-17(14)23-22-16;1-11(2)9-13-10-20(15-19-14(18)12(3)24-15)7-8-21(13)16(22)23-17(4,5)6;1-10(2)8-11-9-14-6-7-15(11)12(16)17-13(3,4)5;1-11(13-2)8(12)6-4-3-5-10-7(6)9;1-6(2)5-7(3)4;2*1-2-3(5)7-4(6)8-2;1-3-2-7-4(5)6-3;/h7-9,14,16H,10-13H2,1-6H3;4-6,11,13,19H,7-10H2,1-3H3,(H,20,22,23);11,13H,7-10H2,1-6H3;10-11,14H,6-9H2,1-5H3;3-5H,1-2H3;6-7H,5H2,1-4H3;2*1H3;2H,1H3;1H4/t16-;2*13-;11-;;;;;;/m0000....../s1. The second kappa shape index (κ2) is 60.4. The molecule has 14 heterocycles. The fraction of sp³-hybridized carbons (Fsp3) is 0.606. The normalized spacial score (nSPS) is 15.9. The zero-order valence-corrected chi connectivity index (χ0v) is 101. The molecule has 790 valence electrons. The van der Waals surface area contributed by atoms with Gasteiger partial charge in [-0.2, -0.15) is 13.9 Å². The zero-order valence-electron chi connectivity index (χ0n) is 86.8. The number of ether oxygens (including phenoxy) is 3. The Hall–Kier alpha value is -6.33. The van der Waals surface area contributed by atoms with Gasteiger partial charge in [-0.1, -0.05) is 90.5 Å². The highest BCUT2D eigenvalue weighted by molar-refractivity contribution is 9.12. The van der Waals surface area contributed by atoms with Crippen molar-refractivity contribution < 1.29 is 51.8 Å². The molecule has 29 nitrogen and oxygen atoms in total. The summed E-state index contributed by atoms with van der Waals surface area (Å²) in [5.41, 5.74) is 2.41. The molecule has 0 unspecified atom stereocenters. The Labute approximate surface area is 915 Å². The van der Waals surface area contributed by atoms with Crippen LogP contribution in [-0.2, 0) is 19.0 Å². The van der Waals surface area contributed by atoms with Gasteiger partial charge in [-0.3, -0.25) is 19.5 Å². The summed E-state index contributed by atoms with van der Waals surface area (Å²) < 4.78 is 49.2. The van der Waals surface area contributed by atoms with Gasteiger partial charge in [0, 0.05) is 157 Å². The van der Waals surface area contributed by atoms with E-state index in [2.05, 4.69) is 273 Å². The van der Waals surface area contributed by atoms with Gasteiger partial charge in [0.2, 0.25) is 17.7 Å². The number of pyridine rings is 3. The maximum Gasteiger partial charge on any atom is 0.410 e. The number of aryl methyl sites for hydroxylation is 6. The van der Waals surface area contributed by atoms with Gasteiger partial charge in [0.1, 0.15) is 42.0 Å². The Kier molecular flexibility index (Phi) is 53.6. The number of carbonyl (C=O) groups is 5. The van der Waals surface area contributed by atoms with E-state index in [0.717, 1.165) is 157 Å². The molecule has 142 heavy (non-hydrogen) atoms. The number of aromatic amines is 1. The first-order valence-corrected chi connectivity index (χ1v) is 56.9. The summed E-state index contributed by atoms with van der Waals surface area (Å²) in [6.07, 6.45) is 9.03. The second-order valence-corrected chi connectivity index (χ2v) is 52.6. The predicted molar refractivity (Wildman–Crippen MR) is 601 cm³/mol. The van der Waals surface area contributed by atoms with E-state index in [1.165, 1.54) is 94.5 Å². The van der Waals surface area contributed by atoms with Gasteiger partial charge in [0.05, 0.1) is 36.0 Å². The van der Waals surface area contributed by atoms with Crippen LogP contribution in [0.1, 0.15) is 241 Å². The lowest BCUT2D eigenvalue weighted by molar-refractivity contribution is -0.0760. The Morgan fingerprint density at radius 1 is 0.486 bits per heavy atom. The van der Waals surface area contributed by atoms with Crippen molar-refractivity contribution in [2.45, 2.75) is 267 Å². The van der Waals surface area contributed by atoms with Gasteiger partial charge < -0.3 is 54.2 Å². The van der Waals surface area contributed by atoms with Crippen LogP contribution in [0.25, 0.3) is 22.4 Å². The number of halogens is 8. The summed E-state index contributed by atoms with van der Waals surface area (Å²) in [7, 11) is 2.72. The lowest BCUT2D eigenvalue weighted by atomic mass is 10.0. The summed E-state index contributed by atoms with van der Waals surface area (Å²) in [4.78, 5) is 122. The molecule has 4 aliphatic rings. The van der Waals surface area contributed by atoms with Crippen LogP contribution >= 0.6 is 164 Å². The van der Waals surface area contributed by atoms with Gasteiger partial charge in [-0.15, -0.1) is 68.0 Å². The Balaban J connectivity index is 0.000000295. The number of fused-ring (bicyclic) bond motifs is 1. The van der Waals surface area contributed by atoms with E-state index in [9.17, 15) is 32.8 Å². The number of carbonyl (C=O) groups excluding carboxylic acids is 5. The number of rotatable bonds is 18. The lowest BCUT2D eigenvalue weighted by Gasteiger charge is -2.42. The number of aromatic nitrogens is 11. The Bertz CT molecular complexity index is 5420. The lowest BCUT2D eigenvalue weighted by Crippen LogP contribution is -2.56. The quantitative estimate of drug-likeness (QED) is 0.0311. The molecule has 0 bridgehead atoms. The molecule has 4 saturated heterocycles. The third-order valence-electron chi connectivity index (χ3n) is 20.8. The molecule has 10 aromatic heterocycles. The number of ketones is 1. The van der Waals surface area contributed by atoms with Crippen molar-refractivity contribution in [3.8, 4) is 11.4 Å². The molecular formula is C99H148Br6F2N20O9S6. The van der Waals surface area contributed by atoms with Crippen molar-refractivity contribution in [1.29, 1.82) is 0 Å². The molecular weight excluding hydrogens is 2320 g/mol. The van der Waals surface area contributed by atoms with Gasteiger partial charge in [0.25, 0.3) is 5.91 Å². The molecule has 0 aromatic carbocycles. The smallest absolute Gasteiger partial charge is 0.410 e. The summed E-state index contributed by atoms with van der Waals surface area (Å²) in [5.74, 6) is 1.33. The molecule has 10 aromatic rings. The number of amides is 4. The first-order valence-electron chi connectivity index (χ1n) is 47.2. The molecule has 4 amide bonds. The summed E-state index contributed by atoms with van der Waals surface area (Å²) in [6.45, 7) is 65.1. The number of nitrogens with one attached hydrogen (secondary N) is 3. The van der Waals surface area contributed by atoms with E-state index < -0.39 is 40.4 Å². The van der Waals surface area contributed by atoms with Gasteiger partial charge in [0.15, 0.2) is 32.8 Å². The van der Waals surface area contributed by atoms with Crippen LogP contribution in [0.4, 0.5) is 38.6 Å². The van der Waals surface area contributed by atoms with Gasteiger partial charge in [-0.25, -0.2) is 64.3 Å². The van der Waals surface area contributed by atoms with E-state index in [-0.39, 0.29) is 60.7 Å². The Morgan fingerprint density at radius 2 is 0.915 bits per heavy atom. The summed E-state index contributed by atoms with van der Waals surface area (Å²) >= 11 is 29.6. The fourth-order valence-corrected chi connectivity index (χ4v) is 23.7. The summed E-state index contributed by atoms with van der Waals surface area (Å²) in [6, 6.07) is 10.7. The zero-order chi connectivity index (χ0) is 105. The highest BCUT2D eigenvalue weighted by atomic mass is 79.9. The average molecular weight is 2470 g/mol. The topological polar surface area (TPSA) is 314 Å². The minimum Gasteiger partial charge on any atom is -0.444 e. The van der Waals surface area contributed by atoms with Crippen molar-refractivity contribution in [1.82, 2.24) is 85.4 Å². The second-order valence-electron chi connectivity index (χ2n) is 39.7. The number of nitrogens with zero attached hydrogens (tertiary/aromatic N) is 17. The van der Waals surface area contributed by atoms with Crippen LogP contribution in [-0.4, -0.2) is 238 Å². The van der Waals surface area contributed by atoms with Crippen LogP contribution in [0.15, 0.2) is 85.9 Å². The van der Waals surface area contributed by atoms with E-state index in [0.29, 0.717) is 61.0 Å². The maximum absolute atomic E-state index is 14.0. The van der Waals surface area contributed by atoms with Crippen LogP contribution in [0.5, 0.6) is 0 Å². The minimum absolute atomic E-state index is 0. The van der Waals surface area contributed by atoms with Crippen molar-refractivity contribution in [3.63, 3.8) is 0 Å². The number of thiazole rings is 6. The van der Waals surface area contributed by atoms with Crippen LogP contribution in [0.3, 0.4) is 0 Å². The third-order valence-corrected chi connectivity index (χ3v) is 31.4. The molecule has 0 saturated carbocycles. The van der Waals surface area contributed by atoms with Crippen LogP contribution < -0.4 is 25.3 Å². The molecule has 3 N–H and O–H groups in total. The van der Waals surface area contributed by atoms with Crippen molar-refractivity contribution in [2.75, 3.05) is 107 Å². The minimum atomic E-state index is -0.797. The van der Waals surface area contributed by atoms with Crippen LogP contribution in [0.2, 0.25) is 0 Å². The van der Waals surface area contributed by atoms with Gasteiger partial charge >= 0.3 is 18.3 Å². The van der Waals surface area contributed by atoms with Crippen molar-refractivity contribution >= 4 is 220 Å². The van der Waals surface area contributed by atoms with E-state index in [1.54, 1.807) is 67.8 Å². The van der Waals surface area contributed by atoms with Gasteiger partial charge in [-0.05, 0) is 303 Å². The van der Waals surface area contributed by atoms with Crippen LogP contribution in [0, 0.1) is 88.9 Å². The molecule has 43 heteroatoms. The largest absolute Gasteiger partial charge is 0.444 e. The molecule has 0 radical (unpaired) electrons. The number of hydroxylamine groups is 2. The molecule has 4 aliphatic heterocycles. The van der Waals surface area contributed by atoms with Crippen molar-refractivity contribution in [3.05, 3.63) is 145 Å². The highest BCUT2D eigenvalue weighted by Crippen LogP contribution is 2.38. The number of hydrogen-bond donors (Lipinski definition) is 3. The summed E-state index contributed by atoms with van der Waals surface area (Å²) in [5, 5.41) is 21.2.